The first-order valence-corrected chi connectivity index (χ1v) is 5.72. The second-order valence-electron chi connectivity index (χ2n) is 4.28. The smallest absolute Gasteiger partial charge is 0.306 e. The quantitative estimate of drug-likeness (QED) is 0.738. The van der Waals surface area contributed by atoms with Gasteiger partial charge < -0.3 is 9.47 Å². The minimum absolute atomic E-state index is 0.0660. The first-order chi connectivity index (χ1) is 8.02. The summed E-state index contributed by atoms with van der Waals surface area (Å²) < 4.78 is 10.1. The maximum absolute atomic E-state index is 11.5. The van der Waals surface area contributed by atoms with Crippen molar-refractivity contribution in [3.8, 4) is 5.88 Å². The topological polar surface area (TPSA) is 48.4 Å². The van der Waals surface area contributed by atoms with Crippen molar-refractivity contribution in [3.63, 3.8) is 0 Å². The summed E-state index contributed by atoms with van der Waals surface area (Å²) >= 11 is 0. The third-order valence-electron chi connectivity index (χ3n) is 2.38. The van der Waals surface area contributed by atoms with E-state index in [4.69, 9.17) is 9.47 Å². The van der Waals surface area contributed by atoms with E-state index in [-0.39, 0.29) is 18.0 Å². The summed E-state index contributed by atoms with van der Waals surface area (Å²) in [5, 5.41) is 0. The Morgan fingerprint density at radius 2 is 2.06 bits per heavy atom. The molecule has 1 aromatic heterocycles. The fourth-order valence-electron chi connectivity index (χ4n) is 1.48. The van der Waals surface area contributed by atoms with Crippen LogP contribution in [-0.2, 0) is 9.53 Å². The van der Waals surface area contributed by atoms with Crippen LogP contribution in [0.5, 0.6) is 5.88 Å². The van der Waals surface area contributed by atoms with E-state index in [2.05, 4.69) is 4.98 Å². The van der Waals surface area contributed by atoms with Gasteiger partial charge in [-0.3, -0.25) is 4.79 Å². The molecule has 17 heavy (non-hydrogen) atoms. The van der Waals surface area contributed by atoms with Gasteiger partial charge in [0.25, 0.3) is 0 Å². The SMILES string of the molecule is COc1ccc(C(C)CC(=O)OC(C)C)cn1. The molecule has 94 valence electrons. The number of rotatable bonds is 5. The Morgan fingerprint density at radius 1 is 1.35 bits per heavy atom. The number of nitrogens with zero attached hydrogens (tertiary/aromatic N) is 1. The summed E-state index contributed by atoms with van der Waals surface area (Å²) in [6.07, 6.45) is 2.03. The van der Waals surface area contributed by atoms with Crippen LogP contribution in [0.15, 0.2) is 18.3 Å². The maximum atomic E-state index is 11.5. The standard InChI is InChI=1S/C13H19NO3/c1-9(2)17-13(15)7-10(3)11-5-6-12(16-4)14-8-11/h5-6,8-10H,7H2,1-4H3. The highest BCUT2D eigenvalue weighted by Crippen LogP contribution is 2.20. The van der Waals surface area contributed by atoms with Gasteiger partial charge in [0.1, 0.15) is 0 Å². The first-order valence-electron chi connectivity index (χ1n) is 5.72. The zero-order chi connectivity index (χ0) is 12.8. The summed E-state index contributed by atoms with van der Waals surface area (Å²) in [6.45, 7) is 5.67. The lowest BCUT2D eigenvalue weighted by Crippen LogP contribution is -2.13. The van der Waals surface area contributed by atoms with Gasteiger partial charge in [-0.1, -0.05) is 13.0 Å². The van der Waals surface area contributed by atoms with Gasteiger partial charge in [-0.15, -0.1) is 0 Å². The normalized spacial score (nSPS) is 12.3. The van der Waals surface area contributed by atoms with Gasteiger partial charge in [0, 0.05) is 12.3 Å². The van der Waals surface area contributed by atoms with Crippen LogP contribution in [0.2, 0.25) is 0 Å². The van der Waals surface area contributed by atoms with Crippen molar-refractivity contribution in [2.45, 2.75) is 39.2 Å². The lowest BCUT2D eigenvalue weighted by molar-refractivity contribution is -0.147. The summed E-state index contributed by atoms with van der Waals surface area (Å²) in [7, 11) is 1.57. The van der Waals surface area contributed by atoms with Crippen LogP contribution in [0.4, 0.5) is 0 Å². The molecule has 1 unspecified atom stereocenters. The molecule has 4 nitrogen and oxygen atoms in total. The van der Waals surface area contributed by atoms with E-state index in [1.807, 2.05) is 26.8 Å². The molecular formula is C13H19NO3. The zero-order valence-corrected chi connectivity index (χ0v) is 10.8. The molecule has 0 radical (unpaired) electrons. The Morgan fingerprint density at radius 3 is 2.53 bits per heavy atom. The molecule has 0 aliphatic carbocycles. The van der Waals surface area contributed by atoms with Gasteiger partial charge in [0.15, 0.2) is 0 Å². The number of carbonyl (C=O) groups is 1. The van der Waals surface area contributed by atoms with Gasteiger partial charge in [-0.2, -0.15) is 0 Å². The number of methoxy groups -OCH3 is 1. The predicted molar refractivity (Wildman–Crippen MR) is 65.0 cm³/mol. The molecule has 0 amide bonds. The van der Waals surface area contributed by atoms with E-state index in [0.29, 0.717) is 12.3 Å². The van der Waals surface area contributed by atoms with Crippen molar-refractivity contribution in [2.75, 3.05) is 7.11 Å². The van der Waals surface area contributed by atoms with Gasteiger partial charge in [-0.05, 0) is 25.3 Å². The molecule has 1 aromatic rings. The van der Waals surface area contributed by atoms with Gasteiger partial charge in [0.05, 0.1) is 19.6 Å². The lowest BCUT2D eigenvalue weighted by Gasteiger charge is -2.13. The maximum Gasteiger partial charge on any atom is 0.306 e. The Hall–Kier alpha value is -1.58. The van der Waals surface area contributed by atoms with Crippen molar-refractivity contribution in [3.05, 3.63) is 23.9 Å². The van der Waals surface area contributed by atoms with E-state index >= 15 is 0 Å². The molecule has 0 spiro atoms. The van der Waals surface area contributed by atoms with E-state index in [0.717, 1.165) is 5.56 Å². The minimum Gasteiger partial charge on any atom is -0.481 e. The number of ether oxygens (including phenoxy) is 2. The summed E-state index contributed by atoms with van der Waals surface area (Å²) in [5.74, 6) is 0.494. The average molecular weight is 237 g/mol. The van der Waals surface area contributed by atoms with Crippen molar-refractivity contribution < 1.29 is 14.3 Å². The number of hydrogen-bond acceptors (Lipinski definition) is 4. The van der Waals surface area contributed by atoms with Crippen LogP contribution in [0.1, 0.15) is 38.7 Å². The molecule has 1 rings (SSSR count). The first kappa shape index (κ1) is 13.5. The highest BCUT2D eigenvalue weighted by atomic mass is 16.5. The van der Waals surface area contributed by atoms with Gasteiger partial charge >= 0.3 is 5.97 Å². The van der Waals surface area contributed by atoms with E-state index in [1.165, 1.54) is 0 Å². The van der Waals surface area contributed by atoms with Crippen LogP contribution in [0.25, 0.3) is 0 Å². The Balaban J connectivity index is 2.56. The third kappa shape index (κ3) is 4.43. The zero-order valence-electron chi connectivity index (χ0n) is 10.8. The van der Waals surface area contributed by atoms with Crippen molar-refractivity contribution >= 4 is 5.97 Å². The van der Waals surface area contributed by atoms with E-state index in [9.17, 15) is 4.79 Å². The van der Waals surface area contributed by atoms with Crippen LogP contribution < -0.4 is 4.74 Å². The van der Waals surface area contributed by atoms with Crippen LogP contribution in [0.3, 0.4) is 0 Å². The predicted octanol–water partition coefficient (Wildman–Crippen LogP) is 2.54. The molecule has 0 N–H and O–H groups in total. The summed E-state index contributed by atoms with van der Waals surface area (Å²) in [5.41, 5.74) is 1.01. The third-order valence-corrected chi connectivity index (χ3v) is 2.38. The molecule has 0 aliphatic rings. The molecule has 1 atom stereocenters. The van der Waals surface area contributed by atoms with Gasteiger partial charge in [0.2, 0.25) is 5.88 Å². The number of hydrogen-bond donors (Lipinski definition) is 0. The molecular weight excluding hydrogens is 218 g/mol. The second-order valence-corrected chi connectivity index (χ2v) is 4.28. The average Bonchev–Trinajstić information content (AvgIpc) is 2.28. The molecule has 0 aliphatic heterocycles. The Bertz CT molecular complexity index is 359. The molecule has 0 saturated carbocycles. The van der Waals surface area contributed by atoms with Crippen molar-refractivity contribution in [1.29, 1.82) is 0 Å². The molecule has 0 fully saturated rings. The number of pyridine rings is 1. The highest BCUT2D eigenvalue weighted by molar-refractivity contribution is 5.70. The fourth-order valence-corrected chi connectivity index (χ4v) is 1.48. The van der Waals surface area contributed by atoms with Crippen molar-refractivity contribution in [2.24, 2.45) is 0 Å². The van der Waals surface area contributed by atoms with Crippen LogP contribution >= 0.6 is 0 Å². The van der Waals surface area contributed by atoms with Crippen LogP contribution in [-0.4, -0.2) is 24.2 Å². The van der Waals surface area contributed by atoms with E-state index in [1.54, 1.807) is 19.4 Å². The van der Waals surface area contributed by atoms with Gasteiger partial charge in [-0.25, -0.2) is 4.98 Å². The molecule has 0 aromatic carbocycles. The largest absolute Gasteiger partial charge is 0.481 e. The molecule has 0 bridgehead atoms. The second kappa shape index (κ2) is 6.23. The lowest BCUT2D eigenvalue weighted by atomic mass is 10.00. The Kier molecular flexibility index (Phi) is 4.94. The monoisotopic (exact) mass is 237 g/mol. The fraction of sp³-hybridized carbons (Fsp3) is 0.538. The van der Waals surface area contributed by atoms with E-state index < -0.39 is 0 Å². The minimum atomic E-state index is -0.177. The Labute approximate surface area is 102 Å². The summed E-state index contributed by atoms with van der Waals surface area (Å²) in [4.78, 5) is 15.6. The van der Waals surface area contributed by atoms with Crippen LogP contribution in [0, 0.1) is 0 Å². The highest BCUT2D eigenvalue weighted by Gasteiger charge is 2.13. The molecule has 4 heteroatoms. The molecule has 0 saturated heterocycles. The molecule has 1 heterocycles. The number of aromatic nitrogens is 1. The number of esters is 1. The summed E-state index contributed by atoms with van der Waals surface area (Å²) in [6, 6.07) is 3.71. The van der Waals surface area contributed by atoms with Crippen molar-refractivity contribution in [1.82, 2.24) is 4.98 Å². The number of carbonyl (C=O) groups excluding carboxylic acids is 1.